The summed E-state index contributed by atoms with van der Waals surface area (Å²) in [5.41, 5.74) is 1.59. The van der Waals surface area contributed by atoms with Crippen molar-refractivity contribution < 1.29 is 9.90 Å². The first-order valence-electron chi connectivity index (χ1n) is 8.02. The first-order chi connectivity index (χ1) is 11.4. The maximum atomic E-state index is 12.4. The molecule has 1 aliphatic carbocycles. The van der Waals surface area contributed by atoms with Gasteiger partial charge < -0.3 is 15.3 Å². The monoisotopic (exact) mass is 390 g/mol. The van der Waals surface area contributed by atoms with Gasteiger partial charge in [-0.15, -0.1) is 0 Å². The van der Waals surface area contributed by atoms with Gasteiger partial charge in [-0.3, -0.25) is 4.68 Å². The van der Waals surface area contributed by atoms with E-state index in [0.717, 1.165) is 34.3 Å². The van der Waals surface area contributed by atoms with Crippen molar-refractivity contribution >= 4 is 27.6 Å². The number of hydrogen-bond acceptors (Lipinski definition) is 3. The third kappa shape index (κ3) is 2.82. The van der Waals surface area contributed by atoms with Gasteiger partial charge in [0, 0.05) is 23.6 Å². The van der Waals surface area contributed by atoms with Gasteiger partial charge in [0.15, 0.2) is 0 Å². The number of rotatable bonds is 3. The van der Waals surface area contributed by atoms with Crippen LogP contribution in [0, 0.1) is 0 Å². The van der Waals surface area contributed by atoms with E-state index >= 15 is 0 Å². The molecule has 24 heavy (non-hydrogen) atoms. The number of benzene rings is 1. The van der Waals surface area contributed by atoms with Crippen LogP contribution in [0.2, 0.25) is 0 Å². The van der Waals surface area contributed by atoms with Crippen LogP contribution in [0.3, 0.4) is 0 Å². The van der Waals surface area contributed by atoms with Crippen LogP contribution in [0.5, 0.6) is 0 Å². The average Bonchev–Trinajstić information content (AvgIpc) is 3.28. The SMILES string of the molecule is Cn1cc(NC(=O)N2CC(O)(c3cccc(Br)c3)C2)c(C2CC2)n1. The highest BCUT2D eigenvalue weighted by Crippen LogP contribution is 2.42. The first kappa shape index (κ1) is 15.7. The topological polar surface area (TPSA) is 70.4 Å². The Kier molecular flexibility index (Phi) is 3.65. The molecular formula is C17H19BrN4O2. The van der Waals surface area contributed by atoms with Gasteiger partial charge in [0.25, 0.3) is 0 Å². The fourth-order valence-corrected chi connectivity index (χ4v) is 3.54. The summed E-state index contributed by atoms with van der Waals surface area (Å²) in [5, 5.41) is 18.1. The van der Waals surface area contributed by atoms with Crippen molar-refractivity contribution in [2.75, 3.05) is 18.4 Å². The molecule has 1 aromatic carbocycles. The summed E-state index contributed by atoms with van der Waals surface area (Å²) in [4.78, 5) is 14.1. The number of amides is 2. The number of carbonyl (C=O) groups excluding carboxylic acids is 1. The van der Waals surface area contributed by atoms with E-state index in [1.165, 1.54) is 0 Å². The number of aryl methyl sites for hydroxylation is 1. The number of anilines is 1. The quantitative estimate of drug-likeness (QED) is 0.846. The predicted octanol–water partition coefficient (Wildman–Crippen LogP) is 2.80. The number of aliphatic hydroxyl groups is 1. The van der Waals surface area contributed by atoms with Crippen molar-refractivity contribution in [3.63, 3.8) is 0 Å². The molecule has 0 bridgehead atoms. The second kappa shape index (κ2) is 5.60. The molecule has 0 radical (unpaired) electrons. The molecule has 4 rings (SSSR count). The fourth-order valence-electron chi connectivity index (χ4n) is 3.14. The van der Waals surface area contributed by atoms with Gasteiger partial charge in [0.1, 0.15) is 5.60 Å². The zero-order chi connectivity index (χ0) is 16.9. The van der Waals surface area contributed by atoms with E-state index < -0.39 is 5.60 Å². The number of likely N-dealkylation sites (tertiary alicyclic amines) is 1. The van der Waals surface area contributed by atoms with E-state index in [1.807, 2.05) is 37.5 Å². The Morgan fingerprint density at radius 2 is 2.17 bits per heavy atom. The van der Waals surface area contributed by atoms with E-state index in [2.05, 4.69) is 26.3 Å². The Labute approximate surface area is 148 Å². The van der Waals surface area contributed by atoms with Crippen LogP contribution < -0.4 is 5.32 Å². The van der Waals surface area contributed by atoms with E-state index in [9.17, 15) is 9.90 Å². The highest BCUT2D eigenvalue weighted by Gasteiger charge is 2.45. The van der Waals surface area contributed by atoms with Crippen molar-refractivity contribution in [1.82, 2.24) is 14.7 Å². The minimum absolute atomic E-state index is 0.190. The number of urea groups is 1. The molecule has 2 N–H and O–H groups in total. The van der Waals surface area contributed by atoms with Crippen LogP contribution in [-0.4, -0.2) is 38.9 Å². The molecule has 2 aliphatic rings. The molecule has 2 fully saturated rings. The predicted molar refractivity (Wildman–Crippen MR) is 93.8 cm³/mol. The van der Waals surface area contributed by atoms with E-state index in [-0.39, 0.29) is 19.1 Å². The maximum Gasteiger partial charge on any atom is 0.322 e. The van der Waals surface area contributed by atoms with Gasteiger partial charge in [-0.25, -0.2) is 4.79 Å². The van der Waals surface area contributed by atoms with Gasteiger partial charge in [0.2, 0.25) is 0 Å². The standard InChI is InChI=1S/C17H19BrN4O2/c1-21-8-14(15(20-21)11-5-6-11)19-16(23)22-9-17(24,10-22)12-3-2-4-13(18)7-12/h2-4,7-8,11,24H,5-6,9-10H2,1H3,(H,19,23). The normalized spacial score (nSPS) is 19.0. The van der Waals surface area contributed by atoms with Crippen molar-refractivity contribution in [1.29, 1.82) is 0 Å². The summed E-state index contributed by atoms with van der Waals surface area (Å²) in [6.45, 7) is 0.572. The summed E-state index contributed by atoms with van der Waals surface area (Å²) in [5.74, 6) is 0.469. The van der Waals surface area contributed by atoms with Crippen LogP contribution in [0.25, 0.3) is 0 Å². The summed E-state index contributed by atoms with van der Waals surface area (Å²) < 4.78 is 2.65. The van der Waals surface area contributed by atoms with E-state index in [0.29, 0.717) is 5.92 Å². The highest BCUT2D eigenvalue weighted by molar-refractivity contribution is 9.10. The van der Waals surface area contributed by atoms with Crippen molar-refractivity contribution in [3.05, 3.63) is 46.2 Å². The van der Waals surface area contributed by atoms with Crippen molar-refractivity contribution in [3.8, 4) is 0 Å². The number of nitrogens with zero attached hydrogens (tertiary/aromatic N) is 3. The van der Waals surface area contributed by atoms with Crippen LogP contribution in [0.15, 0.2) is 34.9 Å². The summed E-state index contributed by atoms with van der Waals surface area (Å²) in [7, 11) is 1.86. The van der Waals surface area contributed by atoms with Crippen LogP contribution >= 0.6 is 15.9 Å². The number of halogens is 1. The lowest BCUT2D eigenvalue weighted by Gasteiger charge is -2.46. The largest absolute Gasteiger partial charge is 0.381 e. The average molecular weight is 391 g/mol. The maximum absolute atomic E-state index is 12.4. The second-order valence-corrected chi connectivity index (χ2v) is 7.62. The Morgan fingerprint density at radius 3 is 2.83 bits per heavy atom. The molecule has 7 heteroatoms. The van der Waals surface area contributed by atoms with E-state index in [4.69, 9.17) is 0 Å². The van der Waals surface area contributed by atoms with Crippen LogP contribution in [-0.2, 0) is 12.6 Å². The third-order valence-electron chi connectivity index (χ3n) is 4.62. The lowest BCUT2D eigenvalue weighted by molar-refractivity contribution is -0.0793. The number of carbonyl (C=O) groups is 1. The number of aromatic nitrogens is 2. The molecular weight excluding hydrogens is 372 g/mol. The van der Waals surface area contributed by atoms with E-state index in [1.54, 1.807) is 9.58 Å². The minimum Gasteiger partial charge on any atom is -0.381 e. The molecule has 6 nitrogen and oxygen atoms in total. The van der Waals surface area contributed by atoms with Crippen LogP contribution in [0.4, 0.5) is 10.5 Å². The Morgan fingerprint density at radius 1 is 1.42 bits per heavy atom. The second-order valence-electron chi connectivity index (χ2n) is 6.70. The zero-order valence-corrected chi connectivity index (χ0v) is 15.0. The molecule has 2 aromatic rings. The van der Waals surface area contributed by atoms with Crippen molar-refractivity contribution in [2.45, 2.75) is 24.4 Å². The highest BCUT2D eigenvalue weighted by atomic mass is 79.9. The zero-order valence-electron chi connectivity index (χ0n) is 13.4. The first-order valence-corrected chi connectivity index (χ1v) is 8.82. The fraction of sp³-hybridized carbons (Fsp3) is 0.412. The Bertz CT molecular complexity index is 794. The van der Waals surface area contributed by atoms with Crippen molar-refractivity contribution in [2.24, 2.45) is 7.05 Å². The smallest absolute Gasteiger partial charge is 0.322 e. The molecule has 1 saturated carbocycles. The van der Waals surface area contributed by atoms with Gasteiger partial charge >= 0.3 is 6.03 Å². The molecule has 1 aliphatic heterocycles. The molecule has 0 unspecified atom stereocenters. The minimum atomic E-state index is -0.977. The molecule has 126 valence electrons. The molecule has 1 aromatic heterocycles. The van der Waals surface area contributed by atoms with Gasteiger partial charge in [0.05, 0.1) is 24.5 Å². The molecule has 0 spiro atoms. The Balaban J connectivity index is 1.43. The van der Waals surface area contributed by atoms with Gasteiger partial charge in [-0.2, -0.15) is 5.10 Å². The number of nitrogens with one attached hydrogen (secondary N) is 1. The molecule has 0 atom stereocenters. The molecule has 2 heterocycles. The van der Waals surface area contributed by atoms with Gasteiger partial charge in [-0.1, -0.05) is 28.1 Å². The lowest BCUT2D eigenvalue weighted by atomic mass is 9.86. The summed E-state index contributed by atoms with van der Waals surface area (Å²) >= 11 is 3.41. The Hall–Kier alpha value is -1.86. The summed E-state index contributed by atoms with van der Waals surface area (Å²) in [6, 6.07) is 7.38. The third-order valence-corrected chi connectivity index (χ3v) is 5.11. The lowest BCUT2D eigenvalue weighted by Crippen LogP contribution is -2.62. The number of β-amino-alcohol motifs (C(OH)–C–C–N with tert-alkyl or cyclic N) is 1. The molecule has 2 amide bonds. The van der Waals surface area contributed by atoms with Gasteiger partial charge in [-0.05, 0) is 30.5 Å². The molecule has 1 saturated heterocycles. The number of hydrogen-bond donors (Lipinski definition) is 2. The summed E-state index contributed by atoms with van der Waals surface area (Å²) in [6.07, 6.45) is 4.10. The van der Waals surface area contributed by atoms with Crippen LogP contribution in [0.1, 0.15) is 30.0 Å².